The zero-order valence-electron chi connectivity index (χ0n) is 13.9. The second kappa shape index (κ2) is 6.41. The Kier molecular flexibility index (Phi) is 4.12. The molecule has 1 amide bonds. The minimum absolute atomic E-state index is 0.0402. The van der Waals surface area contributed by atoms with Crippen molar-refractivity contribution < 1.29 is 13.9 Å². The van der Waals surface area contributed by atoms with Gasteiger partial charge in [-0.15, -0.1) is 0 Å². The lowest BCUT2D eigenvalue weighted by molar-refractivity contribution is 0.0297. The predicted octanol–water partition coefficient (Wildman–Crippen LogP) is 1.04. The number of carbonyl (C=O) groups is 1. The van der Waals surface area contributed by atoms with Crippen LogP contribution in [0.1, 0.15) is 27.3 Å². The van der Waals surface area contributed by atoms with Gasteiger partial charge in [0.15, 0.2) is 5.69 Å². The lowest BCUT2D eigenvalue weighted by atomic mass is 10.0. The van der Waals surface area contributed by atoms with Crippen LogP contribution in [0.15, 0.2) is 23.0 Å². The summed E-state index contributed by atoms with van der Waals surface area (Å²) in [5, 5.41) is 4.54. The standard InChI is InChI=1S/C17H22N4O3/c1-19-15-11-20(10-13-3-7-24-12-13)4-2-14(15)16(18-19)17(22)21-5-8-23-9-6-21/h3,7,12H,2,4-6,8-11H2,1H3. The summed E-state index contributed by atoms with van der Waals surface area (Å²) in [6, 6.07) is 1.99. The third-order valence-corrected chi connectivity index (χ3v) is 4.81. The lowest BCUT2D eigenvalue weighted by Crippen LogP contribution is -2.41. The average Bonchev–Trinajstić information content (AvgIpc) is 3.23. The van der Waals surface area contributed by atoms with E-state index >= 15 is 0 Å². The first-order valence-electron chi connectivity index (χ1n) is 8.37. The van der Waals surface area contributed by atoms with Gasteiger partial charge < -0.3 is 14.1 Å². The van der Waals surface area contributed by atoms with Crippen molar-refractivity contribution in [2.45, 2.75) is 19.5 Å². The first kappa shape index (κ1) is 15.4. The second-order valence-corrected chi connectivity index (χ2v) is 6.39. The van der Waals surface area contributed by atoms with Gasteiger partial charge in [0.25, 0.3) is 5.91 Å². The van der Waals surface area contributed by atoms with Crippen molar-refractivity contribution in [2.24, 2.45) is 7.05 Å². The Morgan fingerprint density at radius 1 is 1.29 bits per heavy atom. The Labute approximate surface area is 140 Å². The molecular formula is C17H22N4O3. The monoisotopic (exact) mass is 330 g/mol. The predicted molar refractivity (Wildman–Crippen MR) is 86.5 cm³/mol. The molecule has 0 aromatic carbocycles. The number of furan rings is 1. The number of rotatable bonds is 3. The van der Waals surface area contributed by atoms with Gasteiger partial charge >= 0.3 is 0 Å². The number of aryl methyl sites for hydroxylation is 1. The van der Waals surface area contributed by atoms with Gasteiger partial charge in [-0.3, -0.25) is 14.4 Å². The van der Waals surface area contributed by atoms with Gasteiger partial charge in [0.05, 0.1) is 31.4 Å². The molecule has 1 fully saturated rings. The Morgan fingerprint density at radius 3 is 2.88 bits per heavy atom. The molecule has 2 aliphatic rings. The Morgan fingerprint density at radius 2 is 2.12 bits per heavy atom. The molecule has 0 aliphatic carbocycles. The van der Waals surface area contributed by atoms with Crippen LogP contribution in [-0.2, 0) is 31.3 Å². The number of nitrogens with zero attached hydrogens (tertiary/aromatic N) is 4. The van der Waals surface area contributed by atoms with Gasteiger partial charge in [-0.25, -0.2) is 0 Å². The van der Waals surface area contributed by atoms with Gasteiger partial charge in [0.1, 0.15) is 0 Å². The first-order valence-corrected chi connectivity index (χ1v) is 8.37. The molecular weight excluding hydrogens is 308 g/mol. The second-order valence-electron chi connectivity index (χ2n) is 6.39. The van der Waals surface area contributed by atoms with Gasteiger partial charge in [-0.2, -0.15) is 5.10 Å². The molecule has 2 aromatic rings. The first-order chi connectivity index (χ1) is 11.7. The minimum atomic E-state index is 0.0402. The van der Waals surface area contributed by atoms with Crippen LogP contribution >= 0.6 is 0 Å². The molecule has 0 N–H and O–H groups in total. The molecule has 0 spiro atoms. The van der Waals surface area contributed by atoms with Gasteiger partial charge in [0.2, 0.25) is 0 Å². The van der Waals surface area contributed by atoms with E-state index in [0.29, 0.717) is 32.0 Å². The molecule has 0 unspecified atom stereocenters. The molecule has 0 bridgehead atoms. The summed E-state index contributed by atoms with van der Waals surface area (Å²) in [4.78, 5) is 17.0. The van der Waals surface area contributed by atoms with E-state index < -0.39 is 0 Å². The number of ether oxygens (including phenoxy) is 1. The van der Waals surface area contributed by atoms with Crippen molar-refractivity contribution in [1.29, 1.82) is 0 Å². The van der Waals surface area contributed by atoms with Crippen molar-refractivity contribution in [2.75, 3.05) is 32.8 Å². The van der Waals surface area contributed by atoms with Crippen molar-refractivity contribution in [1.82, 2.24) is 19.6 Å². The maximum Gasteiger partial charge on any atom is 0.274 e. The smallest absolute Gasteiger partial charge is 0.274 e. The maximum absolute atomic E-state index is 12.8. The van der Waals surface area contributed by atoms with E-state index in [2.05, 4.69) is 10.00 Å². The molecule has 1 saturated heterocycles. The zero-order chi connectivity index (χ0) is 16.5. The summed E-state index contributed by atoms with van der Waals surface area (Å²) in [5.74, 6) is 0.0402. The van der Waals surface area contributed by atoms with Crippen LogP contribution in [0.25, 0.3) is 0 Å². The molecule has 0 radical (unpaired) electrons. The number of morpholine rings is 1. The van der Waals surface area contributed by atoms with E-state index in [1.165, 1.54) is 5.56 Å². The van der Waals surface area contributed by atoms with Crippen molar-refractivity contribution in [3.8, 4) is 0 Å². The fourth-order valence-corrected chi connectivity index (χ4v) is 3.49. The van der Waals surface area contributed by atoms with Crippen molar-refractivity contribution in [3.63, 3.8) is 0 Å². The fourth-order valence-electron chi connectivity index (χ4n) is 3.49. The quantitative estimate of drug-likeness (QED) is 0.841. The van der Waals surface area contributed by atoms with Crippen LogP contribution in [0, 0.1) is 0 Å². The van der Waals surface area contributed by atoms with E-state index in [-0.39, 0.29) is 5.91 Å². The van der Waals surface area contributed by atoms with E-state index in [1.54, 1.807) is 12.5 Å². The molecule has 4 heterocycles. The van der Waals surface area contributed by atoms with E-state index in [1.807, 2.05) is 22.7 Å². The Hall–Kier alpha value is -2.12. The normalized spacial score (nSPS) is 18.6. The summed E-state index contributed by atoms with van der Waals surface area (Å²) in [6.07, 6.45) is 4.34. The van der Waals surface area contributed by atoms with Crippen LogP contribution in [0.5, 0.6) is 0 Å². The van der Waals surface area contributed by atoms with Gasteiger partial charge in [0, 0.05) is 50.9 Å². The van der Waals surface area contributed by atoms with Crippen molar-refractivity contribution in [3.05, 3.63) is 41.1 Å². The molecule has 24 heavy (non-hydrogen) atoms. The van der Waals surface area contributed by atoms with Crippen LogP contribution in [0.4, 0.5) is 0 Å². The number of carbonyl (C=O) groups excluding carboxylic acids is 1. The largest absolute Gasteiger partial charge is 0.472 e. The van der Waals surface area contributed by atoms with Crippen molar-refractivity contribution >= 4 is 5.91 Å². The van der Waals surface area contributed by atoms with Gasteiger partial charge in [-0.05, 0) is 12.5 Å². The molecule has 2 aromatic heterocycles. The third-order valence-electron chi connectivity index (χ3n) is 4.81. The molecule has 128 valence electrons. The molecule has 2 aliphatic heterocycles. The van der Waals surface area contributed by atoms with Crippen LogP contribution < -0.4 is 0 Å². The highest BCUT2D eigenvalue weighted by Crippen LogP contribution is 2.24. The summed E-state index contributed by atoms with van der Waals surface area (Å²) in [5.41, 5.74) is 4.04. The summed E-state index contributed by atoms with van der Waals surface area (Å²) in [6.45, 7) is 5.10. The summed E-state index contributed by atoms with van der Waals surface area (Å²) < 4.78 is 12.3. The highest BCUT2D eigenvalue weighted by Gasteiger charge is 2.30. The SMILES string of the molecule is Cn1nc(C(=O)N2CCOCC2)c2c1CN(Cc1ccoc1)CC2. The Balaban J connectivity index is 1.52. The third kappa shape index (κ3) is 2.85. The maximum atomic E-state index is 12.8. The van der Waals surface area contributed by atoms with E-state index in [9.17, 15) is 4.79 Å². The van der Waals surface area contributed by atoms with Crippen LogP contribution in [0.3, 0.4) is 0 Å². The zero-order valence-corrected chi connectivity index (χ0v) is 13.9. The minimum Gasteiger partial charge on any atom is -0.472 e. The summed E-state index contributed by atoms with van der Waals surface area (Å²) in [7, 11) is 1.93. The lowest BCUT2D eigenvalue weighted by Gasteiger charge is -2.28. The molecule has 7 heteroatoms. The van der Waals surface area contributed by atoms with Crippen LogP contribution in [-0.4, -0.2) is 58.3 Å². The molecule has 0 atom stereocenters. The average molecular weight is 330 g/mol. The fraction of sp³-hybridized carbons (Fsp3) is 0.529. The van der Waals surface area contributed by atoms with Crippen LogP contribution in [0.2, 0.25) is 0 Å². The molecule has 0 saturated carbocycles. The number of hydrogen-bond donors (Lipinski definition) is 0. The summed E-state index contributed by atoms with van der Waals surface area (Å²) >= 11 is 0. The van der Waals surface area contributed by atoms with E-state index in [0.717, 1.165) is 37.3 Å². The highest BCUT2D eigenvalue weighted by molar-refractivity contribution is 5.94. The Bertz CT molecular complexity index is 717. The number of hydrogen-bond acceptors (Lipinski definition) is 5. The molecule has 4 rings (SSSR count). The topological polar surface area (TPSA) is 63.7 Å². The highest BCUT2D eigenvalue weighted by atomic mass is 16.5. The number of amides is 1. The van der Waals surface area contributed by atoms with Gasteiger partial charge in [-0.1, -0.05) is 0 Å². The molecule has 7 nitrogen and oxygen atoms in total. The van der Waals surface area contributed by atoms with E-state index in [4.69, 9.17) is 9.15 Å². The number of fused-ring (bicyclic) bond motifs is 1. The number of aromatic nitrogens is 2.